The highest BCUT2D eigenvalue weighted by Gasteiger charge is 2.17. The summed E-state index contributed by atoms with van der Waals surface area (Å²) >= 11 is 0. The molecule has 0 aromatic carbocycles. The maximum Gasteiger partial charge on any atom is 0.281 e. The third kappa shape index (κ3) is 1.77. The van der Waals surface area contributed by atoms with E-state index >= 15 is 0 Å². The van der Waals surface area contributed by atoms with Crippen LogP contribution in [-0.4, -0.2) is 11.3 Å². The molecule has 1 aromatic rings. The van der Waals surface area contributed by atoms with Gasteiger partial charge in [-0.05, 0) is 0 Å². The van der Waals surface area contributed by atoms with E-state index in [1.54, 1.807) is 4.98 Å². The molecule has 0 amide bonds. The third-order valence-electron chi connectivity index (χ3n) is 1.38. The van der Waals surface area contributed by atoms with Gasteiger partial charge in [-0.2, -0.15) is 0 Å². The van der Waals surface area contributed by atoms with Gasteiger partial charge in [0.2, 0.25) is 5.56 Å². The van der Waals surface area contributed by atoms with Crippen molar-refractivity contribution in [1.82, 2.24) is 4.98 Å². The van der Waals surface area contributed by atoms with Gasteiger partial charge in [0.1, 0.15) is 5.69 Å². The molecule has 0 aliphatic carbocycles. The molecule has 0 aliphatic rings. The Morgan fingerprint density at radius 2 is 2.08 bits per heavy atom. The second-order valence-electron chi connectivity index (χ2n) is 2.24. The summed E-state index contributed by atoms with van der Waals surface area (Å²) < 4.78 is 36.8. The molecule has 0 radical (unpaired) electrons. The van der Waals surface area contributed by atoms with Crippen LogP contribution in [0.5, 0.6) is 0 Å². The van der Waals surface area contributed by atoms with Crippen LogP contribution in [0, 0.1) is 5.82 Å². The second-order valence-corrected chi connectivity index (χ2v) is 2.24. The fourth-order valence-corrected chi connectivity index (χ4v) is 0.820. The van der Waals surface area contributed by atoms with Crippen LogP contribution in [0.2, 0.25) is 0 Å². The summed E-state index contributed by atoms with van der Waals surface area (Å²) in [5.41, 5.74) is -2.76. The molecule has 0 saturated heterocycles. The summed E-state index contributed by atoms with van der Waals surface area (Å²) in [4.78, 5) is 22.3. The molecular weight excluding hydrogens is 187 g/mol. The van der Waals surface area contributed by atoms with E-state index < -0.39 is 29.1 Å². The Balaban J connectivity index is 3.44. The Morgan fingerprint density at radius 1 is 1.46 bits per heavy atom. The SMILES string of the molecule is O=Cc1cc(=O)[nH]c(C(F)F)c1F. The first kappa shape index (κ1) is 9.50. The molecule has 3 nitrogen and oxygen atoms in total. The number of nitrogens with one attached hydrogen (secondary N) is 1. The molecule has 6 heteroatoms. The van der Waals surface area contributed by atoms with Crippen molar-refractivity contribution in [3.63, 3.8) is 0 Å². The van der Waals surface area contributed by atoms with E-state index in [1.807, 2.05) is 0 Å². The molecule has 0 saturated carbocycles. The number of aldehydes is 1. The lowest BCUT2D eigenvalue weighted by atomic mass is 10.2. The maximum atomic E-state index is 12.8. The van der Waals surface area contributed by atoms with Crippen LogP contribution in [0.1, 0.15) is 22.5 Å². The zero-order valence-corrected chi connectivity index (χ0v) is 6.18. The van der Waals surface area contributed by atoms with Gasteiger partial charge in [-0.1, -0.05) is 0 Å². The monoisotopic (exact) mass is 191 g/mol. The van der Waals surface area contributed by atoms with E-state index in [0.717, 1.165) is 0 Å². The minimum Gasteiger partial charge on any atom is -0.319 e. The summed E-state index contributed by atoms with van der Waals surface area (Å²) in [5.74, 6) is -1.38. The minimum atomic E-state index is -3.15. The van der Waals surface area contributed by atoms with Gasteiger partial charge in [-0.3, -0.25) is 9.59 Å². The van der Waals surface area contributed by atoms with Crippen LogP contribution in [0.4, 0.5) is 13.2 Å². The van der Waals surface area contributed by atoms with Crippen LogP contribution in [0.3, 0.4) is 0 Å². The van der Waals surface area contributed by atoms with Crippen molar-refractivity contribution in [3.05, 3.63) is 33.5 Å². The Bertz CT molecular complexity index is 386. The van der Waals surface area contributed by atoms with Gasteiger partial charge in [-0.25, -0.2) is 13.2 Å². The summed E-state index contributed by atoms with van der Waals surface area (Å²) in [5, 5.41) is 0. The lowest BCUT2D eigenvalue weighted by Crippen LogP contribution is -2.13. The summed E-state index contributed by atoms with van der Waals surface area (Å²) in [7, 11) is 0. The van der Waals surface area contributed by atoms with E-state index in [4.69, 9.17) is 0 Å². The normalized spacial score (nSPS) is 10.5. The number of halogens is 3. The number of hydrogen-bond acceptors (Lipinski definition) is 2. The highest BCUT2D eigenvalue weighted by atomic mass is 19.3. The Kier molecular flexibility index (Phi) is 2.50. The number of pyridine rings is 1. The van der Waals surface area contributed by atoms with Crippen molar-refractivity contribution >= 4 is 6.29 Å². The van der Waals surface area contributed by atoms with E-state index in [0.29, 0.717) is 6.07 Å². The average Bonchev–Trinajstić information content (AvgIpc) is 2.08. The van der Waals surface area contributed by atoms with Crippen molar-refractivity contribution in [2.45, 2.75) is 6.43 Å². The van der Waals surface area contributed by atoms with Crippen molar-refractivity contribution in [3.8, 4) is 0 Å². The number of hydrogen-bond donors (Lipinski definition) is 1. The second kappa shape index (κ2) is 3.42. The first-order valence-electron chi connectivity index (χ1n) is 3.22. The molecule has 1 rings (SSSR count). The number of carbonyl (C=O) groups excluding carboxylic acids is 1. The largest absolute Gasteiger partial charge is 0.319 e. The lowest BCUT2D eigenvalue weighted by molar-refractivity contribution is 0.111. The number of alkyl halides is 2. The van der Waals surface area contributed by atoms with Gasteiger partial charge in [0.15, 0.2) is 12.1 Å². The number of H-pyrrole nitrogens is 1. The van der Waals surface area contributed by atoms with E-state index in [2.05, 4.69) is 0 Å². The van der Waals surface area contributed by atoms with Crippen molar-refractivity contribution < 1.29 is 18.0 Å². The van der Waals surface area contributed by atoms with Gasteiger partial charge in [-0.15, -0.1) is 0 Å². The smallest absolute Gasteiger partial charge is 0.281 e. The maximum absolute atomic E-state index is 12.8. The van der Waals surface area contributed by atoms with Crippen LogP contribution in [0.15, 0.2) is 10.9 Å². The van der Waals surface area contributed by atoms with Crippen LogP contribution >= 0.6 is 0 Å². The van der Waals surface area contributed by atoms with Gasteiger partial charge >= 0.3 is 0 Å². The zero-order chi connectivity index (χ0) is 10.0. The lowest BCUT2D eigenvalue weighted by Gasteiger charge is -2.01. The first-order chi connectivity index (χ1) is 6.06. The molecule has 0 spiro atoms. The van der Waals surface area contributed by atoms with Gasteiger partial charge < -0.3 is 4.98 Å². The highest BCUT2D eigenvalue weighted by molar-refractivity contribution is 5.75. The highest BCUT2D eigenvalue weighted by Crippen LogP contribution is 2.19. The van der Waals surface area contributed by atoms with E-state index in [9.17, 15) is 22.8 Å². The summed E-state index contributed by atoms with van der Waals surface area (Å²) in [6.45, 7) is 0. The van der Waals surface area contributed by atoms with Crippen LogP contribution < -0.4 is 5.56 Å². The molecule has 0 atom stereocenters. The predicted octanol–water partition coefficient (Wildman–Crippen LogP) is 1.26. The van der Waals surface area contributed by atoms with E-state index in [-0.39, 0.29) is 6.29 Å². The number of rotatable bonds is 2. The minimum absolute atomic E-state index is 0.0104. The van der Waals surface area contributed by atoms with Crippen molar-refractivity contribution in [2.75, 3.05) is 0 Å². The standard InChI is InChI=1S/C7H4F3NO2/c8-5-3(2-12)1-4(13)11-6(5)7(9)10/h1-2,7H,(H,11,13). The van der Waals surface area contributed by atoms with Crippen LogP contribution in [0.25, 0.3) is 0 Å². The number of carbonyl (C=O) groups is 1. The molecule has 0 unspecified atom stereocenters. The molecule has 0 aliphatic heterocycles. The Hall–Kier alpha value is -1.59. The number of aromatic amines is 1. The molecule has 0 fully saturated rings. The topological polar surface area (TPSA) is 49.9 Å². The quantitative estimate of drug-likeness (QED) is 0.715. The molecular formula is C7H4F3NO2. The average molecular weight is 191 g/mol. The number of aromatic nitrogens is 1. The fourth-order valence-electron chi connectivity index (χ4n) is 0.820. The molecule has 70 valence electrons. The van der Waals surface area contributed by atoms with Gasteiger partial charge in [0.05, 0.1) is 5.56 Å². The van der Waals surface area contributed by atoms with Crippen molar-refractivity contribution in [2.24, 2.45) is 0 Å². The van der Waals surface area contributed by atoms with Crippen LogP contribution in [-0.2, 0) is 0 Å². The molecule has 13 heavy (non-hydrogen) atoms. The van der Waals surface area contributed by atoms with E-state index in [1.165, 1.54) is 0 Å². The Morgan fingerprint density at radius 3 is 2.54 bits per heavy atom. The third-order valence-corrected chi connectivity index (χ3v) is 1.38. The molecule has 1 N–H and O–H groups in total. The van der Waals surface area contributed by atoms with Gasteiger partial charge in [0.25, 0.3) is 6.43 Å². The summed E-state index contributed by atoms with van der Waals surface area (Å²) in [6.07, 6.45) is -3.14. The molecule has 1 heterocycles. The predicted molar refractivity (Wildman–Crippen MR) is 37.4 cm³/mol. The first-order valence-corrected chi connectivity index (χ1v) is 3.22. The molecule has 0 bridgehead atoms. The Labute approximate surface area is 70.2 Å². The summed E-state index contributed by atoms with van der Waals surface area (Å²) in [6, 6.07) is 0.619. The van der Waals surface area contributed by atoms with Gasteiger partial charge in [0, 0.05) is 6.07 Å². The zero-order valence-electron chi connectivity index (χ0n) is 6.18. The fraction of sp³-hybridized carbons (Fsp3) is 0.143. The van der Waals surface area contributed by atoms with Crippen molar-refractivity contribution in [1.29, 1.82) is 0 Å². The molecule has 1 aromatic heterocycles.